The molecule has 7 heteroatoms. The van der Waals surface area contributed by atoms with Crippen LogP contribution < -0.4 is 14.4 Å². The summed E-state index contributed by atoms with van der Waals surface area (Å²) in [7, 11) is 1.96. The first-order chi connectivity index (χ1) is 13.7. The Morgan fingerprint density at radius 2 is 1.52 bits per heavy atom. The molecule has 5 nitrogen and oxygen atoms in total. The van der Waals surface area contributed by atoms with Crippen LogP contribution in [0.25, 0.3) is 0 Å². The molecule has 0 bridgehead atoms. The number of ether oxygens (including phenoxy) is 2. The van der Waals surface area contributed by atoms with Gasteiger partial charge in [0.25, 0.3) is 0 Å². The molecule has 156 valence electrons. The third kappa shape index (κ3) is 7.52. The summed E-state index contributed by atoms with van der Waals surface area (Å²) in [5.41, 5.74) is 1.51. The number of nitrogens with zero attached hydrogens (tertiary/aromatic N) is 2. The molecule has 0 unspecified atom stereocenters. The summed E-state index contributed by atoms with van der Waals surface area (Å²) in [6.45, 7) is 6.90. The Labute approximate surface area is 182 Å². The normalized spacial score (nSPS) is 11.7. The highest BCUT2D eigenvalue weighted by molar-refractivity contribution is 6.55. The van der Waals surface area contributed by atoms with Gasteiger partial charge in [-0.15, -0.1) is 0 Å². The Morgan fingerprint density at radius 3 is 2.00 bits per heavy atom. The third-order valence-corrected chi connectivity index (χ3v) is 4.51. The van der Waals surface area contributed by atoms with Gasteiger partial charge in [-0.25, -0.2) is 0 Å². The minimum Gasteiger partial charge on any atom is -0.489 e. The molecule has 0 aliphatic heterocycles. The van der Waals surface area contributed by atoms with E-state index in [9.17, 15) is 5.21 Å². The second-order valence-corrected chi connectivity index (χ2v) is 8.53. The summed E-state index contributed by atoms with van der Waals surface area (Å²) in [4.78, 5) is 2.03. The average Bonchev–Trinajstić information content (AvgIpc) is 2.66. The van der Waals surface area contributed by atoms with Crippen molar-refractivity contribution in [2.24, 2.45) is 10.6 Å². The van der Waals surface area contributed by atoms with E-state index in [4.69, 9.17) is 32.7 Å². The van der Waals surface area contributed by atoms with Crippen molar-refractivity contribution in [3.8, 4) is 17.2 Å². The molecule has 0 heterocycles. The molecule has 0 fully saturated rings. The highest BCUT2D eigenvalue weighted by Crippen LogP contribution is 2.26. The third-order valence-electron chi connectivity index (χ3n) is 4.20. The lowest BCUT2D eigenvalue weighted by atomic mass is 9.89. The van der Waals surface area contributed by atoms with Gasteiger partial charge in [0.1, 0.15) is 28.3 Å². The van der Waals surface area contributed by atoms with Crippen molar-refractivity contribution < 1.29 is 14.7 Å². The summed E-state index contributed by atoms with van der Waals surface area (Å²) in [6.07, 6.45) is 1.57. The van der Waals surface area contributed by atoms with Crippen LogP contribution in [0.1, 0.15) is 20.8 Å². The highest BCUT2D eigenvalue weighted by Gasteiger charge is 2.21. The largest absolute Gasteiger partial charge is 0.489 e. The quantitative estimate of drug-likeness (QED) is 0.291. The SMILES string of the molecule is CN(CC(=NO)C(C)(C)C)c1ccc(Oc2ccc(OCC=C(Cl)Cl)cc2)cc1. The van der Waals surface area contributed by atoms with Crippen LogP contribution in [0, 0.1) is 5.41 Å². The highest BCUT2D eigenvalue weighted by atomic mass is 35.5. The Hall–Kier alpha value is -2.37. The molecular formula is C22H26Cl2N2O3. The maximum Gasteiger partial charge on any atom is 0.127 e. The van der Waals surface area contributed by atoms with Gasteiger partial charge in [0.2, 0.25) is 0 Å². The van der Waals surface area contributed by atoms with E-state index in [1.807, 2.05) is 81.2 Å². The van der Waals surface area contributed by atoms with Crippen LogP contribution in [0.3, 0.4) is 0 Å². The van der Waals surface area contributed by atoms with Gasteiger partial charge in [-0.2, -0.15) is 0 Å². The first-order valence-electron chi connectivity index (χ1n) is 9.13. The van der Waals surface area contributed by atoms with E-state index in [1.165, 1.54) is 0 Å². The maximum atomic E-state index is 9.28. The summed E-state index contributed by atoms with van der Waals surface area (Å²) in [5, 5.41) is 12.7. The van der Waals surface area contributed by atoms with Gasteiger partial charge in [-0.3, -0.25) is 0 Å². The topological polar surface area (TPSA) is 54.3 Å². The van der Waals surface area contributed by atoms with Gasteiger partial charge < -0.3 is 19.6 Å². The molecule has 0 amide bonds. The van der Waals surface area contributed by atoms with Crippen LogP contribution in [0.2, 0.25) is 0 Å². The number of hydrogen-bond acceptors (Lipinski definition) is 5. The zero-order valence-electron chi connectivity index (χ0n) is 17.0. The van der Waals surface area contributed by atoms with E-state index in [0.29, 0.717) is 30.4 Å². The monoisotopic (exact) mass is 436 g/mol. The second-order valence-electron chi connectivity index (χ2n) is 7.52. The molecular weight excluding hydrogens is 411 g/mol. The predicted molar refractivity (Wildman–Crippen MR) is 120 cm³/mol. The zero-order valence-corrected chi connectivity index (χ0v) is 18.5. The van der Waals surface area contributed by atoms with Gasteiger partial charge in [0.15, 0.2) is 0 Å². The summed E-state index contributed by atoms with van der Waals surface area (Å²) in [5.74, 6) is 2.12. The van der Waals surface area contributed by atoms with Crippen LogP contribution in [0.15, 0.2) is 64.3 Å². The van der Waals surface area contributed by atoms with Gasteiger partial charge in [-0.1, -0.05) is 49.1 Å². The van der Waals surface area contributed by atoms with Crippen molar-refractivity contribution in [1.29, 1.82) is 0 Å². The van der Waals surface area contributed by atoms with Gasteiger partial charge in [0, 0.05) is 18.2 Å². The van der Waals surface area contributed by atoms with Crippen molar-refractivity contribution >= 4 is 34.6 Å². The van der Waals surface area contributed by atoms with Crippen molar-refractivity contribution in [2.75, 3.05) is 25.1 Å². The van der Waals surface area contributed by atoms with E-state index in [0.717, 1.165) is 11.4 Å². The van der Waals surface area contributed by atoms with Gasteiger partial charge in [0.05, 0.1) is 12.3 Å². The Balaban J connectivity index is 1.95. The number of anilines is 1. The van der Waals surface area contributed by atoms with Crippen LogP contribution in [0.5, 0.6) is 17.2 Å². The van der Waals surface area contributed by atoms with E-state index in [-0.39, 0.29) is 9.91 Å². The van der Waals surface area contributed by atoms with Crippen molar-refractivity contribution in [2.45, 2.75) is 20.8 Å². The van der Waals surface area contributed by atoms with Crippen molar-refractivity contribution in [1.82, 2.24) is 0 Å². The lowest BCUT2D eigenvalue weighted by Gasteiger charge is -2.26. The fraction of sp³-hybridized carbons (Fsp3) is 0.318. The second kappa shape index (κ2) is 10.4. The molecule has 1 N–H and O–H groups in total. The molecule has 0 aliphatic rings. The lowest BCUT2D eigenvalue weighted by Crippen LogP contribution is -2.33. The van der Waals surface area contributed by atoms with E-state index < -0.39 is 0 Å². The Kier molecular flexibility index (Phi) is 8.23. The number of halogens is 2. The Bertz CT molecular complexity index is 838. The molecule has 0 radical (unpaired) electrons. The minimum atomic E-state index is -0.200. The summed E-state index contributed by atoms with van der Waals surface area (Å²) >= 11 is 11.1. The summed E-state index contributed by atoms with van der Waals surface area (Å²) < 4.78 is 11.5. The van der Waals surface area contributed by atoms with E-state index in [2.05, 4.69) is 5.16 Å². The van der Waals surface area contributed by atoms with Crippen LogP contribution >= 0.6 is 23.2 Å². The molecule has 0 spiro atoms. The number of rotatable bonds is 8. The Morgan fingerprint density at radius 1 is 1.00 bits per heavy atom. The van der Waals surface area contributed by atoms with Crippen LogP contribution in [-0.2, 0) is 0 Å². The lowest BCUT2D eigenvalue weighted by molar-refractivity contribution is 0.309. The number of hydrogen-bond donors (Lipinski definition) is 1. The number of oxime groups is 1. The fourth-order valence-corrected chi connectivity index (χ4v) is 2.57. The van der Waals surface area contributed by atoms with Crippen LogP contribution in [0.4, 0.5) is 5.69 Å². The van der Waals surface area contributed by atoms with E-state index in [1.54, 1.807) is 6.08 Å². The average molecular weight is 437 g/mol. The van der Waals surface area contributed by atoms with Gasteiger partial charge >= 0.3 is 0 Å². The maximum absolute atomic E-state index is 9.28. The molecule has 2 aromatic carbocycles. The van der Waals surface area contributed by atoms with Crippen molar-refractivity contribution in [3.63, 3.8) is 0 Å². The van der Waals surface area contributed by atoms with Crippen LogP contribution in [-0.4, -0.2) is 31.1 Å². The van der Waals surface area contributed by atoms with Gasteiger partial charge in [-0.05, 0) is 54.6 Å². The predicted octanol–water partition coefficient (Wildman–Crippen LogP) is 6.49. The van der Waals surface area contributed by atoms with E-state index >= 15 is 0 Å². The smallest absolute Gasteiger partial charge is 0.127 e. The molecule has 29 heavy (non-hydrogen) atoms. The van der Waals surface area contributed by atoms with Crippen molar-refractivity contribution in [3.05, 3.63) is 59.1 Å². The minimum absolute atomic E-state index is 0.178. The first-order valence-corrected chi connectivity index (χ1v) is 9.89. The first kappa shape index (κ1) is 22.9. The number of benzene rings is 2. The molecule has 0 atom stereocenters. The molecule has 2 rings (SSSR count). The zero-order chi connectivity index (χ0) is 21.4. The molecule has 2 aromatic rings. The molecule has 0 aromatic heterocycles. The molecule has 0 saturated carbocycles. The summed E-state index contributed by atoms with van der Waals surface area (Å²) in [6, 6.07) is 15.0. The molecule has 0 saturated heterocycles. The molecule has 0 aliphatic carbocycles. The standard InChI is InChI=1S/C22H26Cl2N2O3/c1-22(2,3)20(25-27)15-26(4)16-5-7-18(8-6-16)29-19-11-9-17(10-12-19)28-14-13-21(23)24/h5-13,27H,14-15H2,1-4H3. The fourth-order valence-electron chi connectivity index (χ4n) is 2.44.